The Balaban J connectivity index is -0.0000000160. The van der Waals surface area contributed by atoms with E-state index in [0.717, 1.165) is 0 Å². The number of rotatable bonds is 0. The van der Waals surface area contributed by atoms with Crippen molar-refractivity contribution < 1.29 is 52.8 Å². The van der Waals surface area contributed by atoms with Crippen molar-refractivity contribution in [3.05, 3.63) is 0 Å². The summed E-state index contributed by atoms with van der Waals surface area (Å²) in [6, 6.07) is 1.75. The Morgan fingerprint density at radius 2 is 1.57 bits per heavy atom. The first-order valence-corrected chi connectivity index (χ1v) is 1.62. The van der Waals surface area contributed by atoms with Crippen LogP contribution in [0.1, 0.15) is 8.35 Å². The van der Waals surface area contributed by atoms with E-state index in [-0.39, 0.29) is 52.8 Å². The van der Waals surface area contributed by atoms with Gasteiger partial charge in [0.2, 0.25) is 0 Å². The molecule has 0 aromatic rings. The Hall–Kier alpha value is 0.966. The predicted octanol–water partition coefficient (Wildman–Crippen LogP) is -1.96. The second-order valence-electron chi connectivity index (χ2n) is 0.324. The minimum atomic E-state index is 0. The summed E-state index contributed by atoms with van der Waals surface area (Å²) in [6.45, 7) is 1.43. The van der Waals surface area contributed by atoms with Crippen molar-refractivity contribution in [3.63, 3.8) is 0 Å². The van der Waals surface area contributed by atoms with E-state index < -0.39 is 0 Å². The molecule has 0 aromatic carbocycles. The minimum Gasteiger partial charge on any atom is -1.00 e. The van der Waals surface area contributed by atoms with Crippen LogP contribution in [0.4, 0.5) is 0 Å². The van der Waals surface area contributed by atoms with Crippen molar-refractivity contribution >= 4 is 12.6 Å². The van der Waals surface area contributed by atoms with E-state index in [1.807, 2.05) is 0 Å². The fourth-order valence-electron chi connectivity index (χ4n) is 0. The van der Waals surface area contributed by atoms with Crippen LogP contribution in [0.25, 0.3) is 0 Å². The van der Waals surface area contributed by atoms with Gasteiger partial charge in [0.25, 0.3) is 0 Å². The van der Waals surface area contributed by atoms with Crippen LogP contribution in [-0.4, -0.2) is 0 Å². The van der Waals surface area contributed by atoms with Crippen LogP contribution in [0.3, 0.4) is 0 Å². The van der Waals surface area contributed by atoms with Gasteiger partial charge in [-0.05, 0) is 0 Å². The topological polar surface area (TPSA) is 47.6 Å². The van der Waals surface area contributed by atoms with Crippen LogP contribution in [0, 0.1) is 22.0 Å². The van der Waals surface area contributed by atoms with Gasteiger partial charge in [-0.15, -0.1) is 0 Å². The van der Waals surface area contributed by atoms with Gasteiger partial charge in [-0.2, -0.15) is 10.5 Å². The molecule has 0 N–H and O–H groups in total. The summed E-state index contributed by atoms with van der Waals surface area (Å²) in [5.41, 5.74) is 0. The van der Waals surface area contributed by atoms with Gasteiger partial charge in [0.1, 0.15) is 5.40 Å². The standard InChI is InChI=1S/C2H3N.CHNS.K.H/c1-2-3;2-1-3;;/h1H3;3H;;/q;;+1;-1. The first kappa shape index (κ1) is 15.7. The number of thiol groups is 1. The Morgan fingerprint density at radius 3 is 1.57 bits per heavy atom. The van der Waals surface area contributed by atoms with Gasteiger partial charge in [0.05, 0.1) is 6.07 Å². The summed E-state index contributed by atoms with van der Waals surface area (Å²) in [5.74, 6) is 0. The quantitative estimate of drug-likeness (QED) is 0.241. The van der Waals surface area contributed by atoms with E-state index >= 15 is 0 Å². The van der Waals surface area contributed by atoms with Crippen LogP contribution < -0.4 is 51.4 Å². The first-order chi connectivity index (χ1) is 2.83. The van der Waals surface area contributed by atoms with Crippen molar-refractivity contribution in [2.75, 3.05) is 0 Å². The van der Waals surface area contributed by atoms with Crippen LogP contribution in [0.5, 0.6) is 0 Å². The van der Waals surface area contributed by atoms with Crippen molar-refractivity contribution in [3.8, 4) is 11.5 Å². The average Bonchev–Trinajstić information content (AvgIpc) is 1.39. The van der Waals surface area contributed by atoms with Crippen LogP contribution in [0.15, 0.2) is 0 Å². The number of hydrogen-bond acceptors (Lipinski definition) is 3. The molecule has 0 aliphatic carbocycles. The van der Waals surface area contributed by atoms with E-state index in [9.17, 15) is 0 Å². The fraction of sp³-hybridized carbons (Fsp3) is 0.333. The van der Waals surface area contributed by atoms with E-state index in [2.05, 4.69) is 12.6 Å². The van der Waals surface area contributed by atoms with Gasteiger partial charge in [0.15, 0.2) is 0 Å². The van der Waals surface area contributed by atoms with Crippen molar-refractivity contribution in [1.29, 1.82) is 10.5 Å². The smallest absolute Gasteiger partial charge is 1.00 e. The van der Waals surface area contributed by atoms with Gasteiger partial charge in [-0.1, -0.05) is 12.6 Å². The van der Waals surface area contributed by atoms with Crippen LogP contribution in [-0.2, 0) is 0 Å². The second kappa shape index (κ2) is 28.2. The van der Waals surface area contributed by atoms with Crippen molar-refractivity contribution in [1.82, 2.24) is 0 Å². The molecular weight excluding hydrogens is 135 g/mol. The van der Waals surface area contributed by atoms with Crippen LogP contribution in [0.2, 0.25) is 0 Å². The van der Waals surface area contributed by atoms with E-state index in [1.54, 1.807) is 6.07 Å². The van der Waals surface area contributed by atoms with E-state index in [4.69, 9.17) is 10.5 Å². The van der Waals surface area contributed by atoms with E-state index in [0.29, 0.717) is 0 Å². The third-order valence-electron chi connectivity index (χ3n) is 0. The third kappa shape index (κ3) is 184. The molecule has 0 heterocycles. The summed E-state index contributed by atoms with van der Waals surface area (Å²) in [6.07, 6.45) is 0. The molecule has 0 amide bonds. The Bertz CT molecular complexity index is 72.3. The zero-order valence-corrected chi connectivity index (χ0v) is 8.36. The SMILES string of the molecule is CC#N.N#CS.[H-].[K+]. The molecule has 0 aromatic heterocycles. The molecule has 0 saturated carbocycles. The number of thiocyanates is 1. The molecule has 2 nitrogen and oxygen atoms in total. The maximum absolute atomic E-state index is 7.32. The molecule has 0 atom stereocenters. The zero-order valence-electron chi connectivity index (χ0n) is 5.34. The first-order valence-electron chi connectivity index (χ1n) is 1.17. The van der Waals surface area contributed by atoms with Crippen molar-refractivity contribution in [2.45, 2.75) is 6.92 Å². The summed E-state index contributed by atoms with van der Waals surface area (Å²) < 4.78 is 0. The Morgan fingerprint density at radius 1 is 1.57 bits per heavy atom. The molecule has 7 heavy (non-hydrogen) atoms. The summed E-state index contributed by atoms with van der Waals surface area (Å²) in [4.78, 5) is 0. The summed E-state index contributed by atoms with van der Waals surface area (Å²) >= 11 is 3.09. The van der Waals surface area contributed by atoms with E-state index in [1.165, 1.54) is 12.3 Å². The average molecular weight is 140 g/mol. The van der Waals surface area contributed by atoms with Gasteiger partial charge in [-0.3, -0.25) is 0 Å². The minimum absolute atomic E-state index is 0. The largest absolute Gasteiger partial charge is 1.00 e. The fourth-order valence-corrected chi connectivity index (χ4v) is 0. The maximum atomic E-state index is 7.32. The third-order valence-corrected chi connectivity index (χ3v) is 0. The molecule has 0 aliphatic rings. The summed E-state index contributed by atoms with van der Waals surface area (Å²) in [7, 11) is 0. The van der Waals surface area contributed by atoms with Crippen LogP contribution >= 0.6 is 12.6 Å². The molecule has 0 radical (unpaired) electrons. The molecule has 0 unspecified atom stereocenters. The van der Waals surface area contributed by atoms with Gasteiger partial charge < -0.3 is 1.43 Å². The van der Waals surface area contributed by atoms with Gasteiger partial charge in [0, 0.05) is 6.92 Å². The molecule has 0 rings (SSSR count). The molecular formula is C3H5KN2S. The monoisotopic (exact) mass is 140 g/mol. The molecule has 0 aliphatic heterocycles. The molecule has 0 bridgehead atoms. The Kier molecular flexibility index (Phi) is 63.1. The number of hydrogen-bond donors (Lipinski definition) is 1. The molecule has 0 saturated heterocycles. The molecule has 4 heteroatoms. The van der Waals surface area contributed by atoms with Gasteiger partial charge >= 0.3 is 51.4 Å². The second-order valence-corrected chi connectivity index (χ2v) is 0.524. The van der Waals surface area contributed by atoms with Crippen molar-refractivity contribution in [2.24, 2.45) is 0 Å². The molecule has 0 spiro atoms. The van der Waals surface area contributed by atoms with Gasteiger partial charge in [-0.25, -0.2) is 0 Å². The molecule has 34 valence electrons. The maximum Gasteiger partial charge on any atom is 1.00 e. The molecule has 0 fully saturated rings. The summed E-state index contributed by atoms with van der Waals surface area (Å²) in [5, 5.41) is 15.9. The number of nitriles is 2. The predicted molar refractivity (Wildman–Crippen MR) is 27.0 cm³/mol. The normalized spacial score (nSPS) is 2.29. The Labute approximate surface area is 92.8 Å². The number of nitrogens with zero attached hydrogens (tertiary/aromatic N) is 2. The zero-order chi connectivity index (χ0) is 5.41.